The van der Waals surface area contributed by atoms with Gasteiger partial charge < -0.3 is 25.0 Å². The molecule has 0 spiro atoms. The molecular formula is C26H29N3O3. The third-order valence-electron chi connectivity index (χ3n) is 5.38. The van der Waals surface area contributed by atoms with Crippen molar-refractivity contribution >= 4 is 23.0 Å². The Morgan fingerprint density at radius 1 is 1.00 bits per heavy atom. The van der Waals surface area contributed by atoms with E-state index < -0.39 is 6.04 Å². The fourth-order valence-corrected chi connectivity index (χ4v) is 3.61. The number of carbonyl (C=O) groups is 1. The van der Waals surface area contributed by atoms with Crippen molar-refractivity contribution < 1.29 is 14.3 Å². The lowest BCUT2D eigenvalue weighted by atomic mass is 10.2. The van der Waals surface area contributed by atoms with E-state index in [2.05, 4.69) is 15.5 Å². The van der Waals surface area contributed by atoms with Gasteiger partial charge in [0.1, 0.15) is 11.8 Å². The normalized spacial score (nSPS) is 14.5. The Balaban J connectivity index is 1.37. The van der Waals surface area contributed by atoms with E-state index in [1.807, 2.05) is 86.6 Å². The maximum atomic E-state index is 12.8. The summed E-state index contributed by atoms with van der Waals surface area (Å²) in [5, 5.41) is 6.25. The smallest absolute Gasteiger partial charge is 0.246 e. The van der Waals surface area contributed by atoms with Crippen LogP contribution in [0.4, 0.5) is 17.1 Å². The van der Waals surface area contributed by atoms with Gasteiger partial charge in [0.25, 0.3) is 0 Å². The van der Waals surface area contributed by atoms with Crippen LogP contribution in [0.25, 0.3) is 0 Å². The number of morpholine rings is 1. The Kier molecular flexibility index (Phi) is 6.92. The van der Waals surface area contributed by atoms with Gasteiger partial charge >= 0.3 is 0 Å². The number of para-hydroxylation sites is 2. The van der Waals surface area contributed by atoms with Crippen molar-refractivity contribution in [2.75, 3.05) is 41.8 Å². The molecule has 1 unspecified atom stereocenters. The summed E-state index contributed by atoms with van der Waals surface area (Å²) in [6, 6.07) is 23.0. The number of ether oxygens (including phenoxy) is 2. The molecule has 6 nitrogen and oxygen atoms in total. The molecule has 1 aliphatic heterocycles. The van der Waals surface area contributed by atoms with Gasteiger partial charge in [-0.3, -0.25) is 4.79 Å². The highest BCUT2D eigenvalue weighted by Gasteiger charge is 2.16. The Morgan fingerprint density at radius 3 is 2.50 bits per heavy atom. The average molecular weight is 432 g/mol. The lowest BCUT2D eigenvalue weighted by Gasteiger charge is -2.29. The first kappa shape index (κ1) is 21.7. The maximum absolute atomic E-state index is 12.8. The molecule has 6 heteroatoms. The number of hydrogen-bond donors (Lipinski definition) is 2. The van der Waals surface area contributed by atoms with Crippen LogP contribution in [0, 0.1) is 6.92 Å². The van der Waals surface area contributed by atoms with E-state index in [-0.39, 0.29) is 5.91 Å². The molecule has 32 heavy (non-hydrogen) atoms. The topological polar surface area (TPSA) is 62.8 Å². The fraction of sp³-hybridized carbons (Fsp3) is 0.269. The summed E-state index contributed by atoms with van der Waals surface area (Å²) in [4.78, 5) is 15.1. The number of rotatable bonds is 7. The first-order chi connectivity index (χ1) is 15.6. The molecule has 0 bridgehead atoms. The molecule has 4 rings (SSSR count). The van der Waals surface area contributed by atoms with Crippen LogP contribution in [0.15, 0.2) is 72.8 Å². The molecule has 1 amide bonds. The molecule has 0 saturated carbocycles. The molecule has 166 valence electrons. The molecule has 1 fully saturated rings. The lowest BCUT2D eigenvalue weighted by Crippen LogP contribution is -2.36. The van der Waals surface area contributed by atoms with Crippen molar-refractivity contribution in [3.63, 3.8) is 0 Å². The zero-order valence-corrected chi connectivity index (χ0v) is 18.5. The van der Waals surface area contributed by atoms with E-state index in [0.29, 0.717) is 5.75 Å². The van der Waals surface area contributed by atoms with Crippen LogP contribution in [0.2, 0.25) is 0 Å². The fourth-order valence-electron chi connectivity index (χ4n) is 3.61. The quantitative estimate of drug-likeness (QED) is 0.547. The van der Waals surface area contributed by atoms with Gasteiger partial charge in [-0.05, 0) is 67.9 Å². The summed E-state index contributed by atoms with van der Waals surface area (Å²) in [7, 11) is 0. The van der Waals surface area contributed by atoms with Crippen LogP contribution >= 0.6 is 0 Å². The molecular weight excluding hydrogens is 402 g/mol. The van der Waals surface area contributed by atoms with Gasteiger partial charge in [0.15, 0.2) is 5.75 Å². The lowest BCUT2D eigenvalue weighted by molar-refractivity contribution is -0.116. The van der Waals surface area contributed by atoms with E-state index in [1.54, 1.807) is 0 Å². The molecule has 0 radical (unpaired) electrons. The summed E-state index contributed by atoms with van der Waals surface area (Å²) < 4.78 is 11.5. The predicted octanol–water partition coefficient (Wildman–Crippen LogP) is 5.06. The van der Waals surface area contributed by atoms with Gasteiger partial charge in [-0.15, -0.1) is 0 Å². The summed E-state index contributed by atoms with van der Waals surface area (Å²) in [6.45, 7) is 7.12. The summed E-state index contributed by atoms with van der Waals surface area (Å²) in [6.07, 6.45) is 0. The zero-order valence-electron chi connectivity index (χ0n) is 18.5. The van der Waals surface area contributed by atoms with E-state index in [1.165, 1.54) is 0 Å². The summed E-state index contributed by atoms with van der Waals surface area (Å²) in [5.41, 5.74) is 3.80. The molecule has 1 heterocycles. The van der Waals surface area contributed by atoms with E-state index in [9.17, 15) is 4.79 Å². The largest absolute Gasteiger partial charge is 0.455 e. The zero-order chi connectivity index (χ0) is 22.3. The van der Waals surface area contributed by atoms with Crippen molar-refractivity contribution in [1.82, 2.24) is 0 Å². The molecule has 3 aromatic rings. The molecule has 1 saturated heterocycles. The molecule has 2 N–H and O–H groups in total. The highest BCUT2D eigenvalue weighted by atomic mass is 16.5. The van der Waals surface area contributed by atoms with Crippen LogP contribution in [0.3, 0.4) is 0 Å². The Hall–Kier alpha value is -3.51. The standard InChI is InChI=1S/C26H29N3O3/c1-19-6-5-7-23(18-19)32-25-9-4-3-8-24(25)27-20(2)26(30)28-21-10-12-22(13-11-21)29-14-16-31-17-15-29/h3-13,18,20,27H,14-17H2,1-2H3,(H,28,30). The average Bonchev–Trinajstić information content (AvgIpc) is 2.81. The van der Waals surface area contributed by atoms with Crippen LogP contribution in [0.1, 0.15) is 12.5 Å². The molecule has 0 aliphatic carbocycles. The van der Waals surface area contributed by atoms with Crippen LogP contribution in [-0.4, -0.2) is 38.3 Å². The number of aryl methyl sites for hydroxylation is 1. The van der Waals surface area contributed by atoms with Crippen molar-refractivity contribution in [2.24, 2.45) is 0 Å². The number of amides is 1. The third-order valence-corrected chi connectivity index (χ3v) is 5.38. The molecule has 3 aromatic carbocycles. The van der Waals surface area contributed by atoms with Crippen LogP contribution in [-0.2, 0) is 9.53 Å². The second-order valence-corrected chi connectivity index (χ2v) is 7.92. The minimum absolute atomic E-state index is 0.116. The number of nitrogens with zero attached hydrogens (tertiary/aromatic N) is 1. The minimum Gasteiger partial charge on any atom is -0.455 e. The second kappa shape index (κ2) is 10.2. The molecule has 1 aliphatic rings. The summed E-state index contributed by atoms with van der Waals surface area (Å²) >= 11 is 0. The first-order valence-corrected chi connectivity index (χ1v) is 10.9. The van der Waals surface area contributed by atoms with Gasteiger partial charge in [0.2, 0.25) is 5.91 Å². The van der Waals surface area contributed by atoms with E-state index in [0.717, 1.165) is 54.7 Å². The second-order valence-electron chi connectivity index (χ2n) is 7.92. The monoisotopic (exact) mass is 431 g/mol. The van der Waals surface area contributed by atoms with Crippen LogP contribution < -0.4 is 20.3 Å². The van der Waals surface area contributed by atoms with Crippen molar-refractivity contribution in [3.8, 4) is 11.5 Å². The number of nitrogens with one attached hydrogen (secondary N) is 2. The van der Waals surface area contributed by atoms with Crippen molar-refractivity contribution in [2.45, 2.75) is 19.9 Å². The molecule has 0 aromatic heterocycles. The Bertz CT molecular complexity index is 1050. The van der Waals surface area contributed by atoms with E-state index >= 15 is 0 Å². The van der Waals surface area contributed by atoms with E-state index in [4.69, 9.17) is 9.47 Å². The van der Waals surface area contributed by atoms with Gasteiger partial charge in [0.05, 0.1) is 18.9 Å². The SMILES string of the molecule is Cc1cccc(Oc2ccccc2NC(C)C(=O)Nc2ccc(N3CCOCC3)cc2)c1. The number of carbonyl (C=O) groups excluding carboxylic acids is 1. The third kappa shape index (κ3) is 5.59. The Labute approximate surface area is 189 Å². The van der Waals surface area contributed by atoms with Gasteiger partial charge in [-0.1, -0.05) is 24.3 Å². The Morgan fingerprint density at radius 2 is 1.75 bits per heavy atom. The van der Waals surface area contributed by atoms with Gasteiger partial charge in [-0.25, -0.2) is 0 Å². The molecule has 1 atom stereocenters. The first-order valence-electron chi connectivity index (χ1n) is 10.9. The van der Waals surface area contributed by atoms with Crippen molar-refractivity contribution in [1.29, 1.82) is 0 Å². The highest BCUT2D eigenvalue weighted by Crippen LogP contribution is 2.30. The van der Waals surface area contributed by atoms with Crippen molar-refractivity contribution in [3.05, 3.63) is 78.4 Å². The maximum Gasteiger partial charge on any atom is 0.246 e. The minimum atomic E-state index is -0.448. The van der Waals surface area contributed by atoms with Crippen LogP contribution in [0.5, 0.6) is 11.5 Å². The number of hydrogen-bond acceptors (Lipinski definition) is 5. The summed E-state index contributed by atoms with van der Waals surface area (Å²) in [5.74, 6) is 1.32. The van der Waals surface area contributed by atoms with Gasteiger partial charge in [0, 0.05) is 24.5 Å². The predicted molar refractivity (Wildman–Crippen MR) is 129 cm³/mol. The van der Waals surface area contributed by atoms with Gasteiger partial charge in [-0.2, -0.15) is 0 Å². The number of anilines is 3. The number of benzene rings is 3. The highest BCUT2D eigenvalue weighted by molar-refractivity contribution is 5.96.